The first-order valence-corrected chi connectivity index (χ1v) is 8.27. The molecule has 0 bridgehead atoms. The Morgan fingerprint density at radius 1 is 1.26 bits per heavy atom. The van der Waals surface area contributed by atoms with Crippen molar-refractivity contribution >= 4 is 0 Å². The average Bonchev–Trinajstić information content (AvgIpc) is 2.84. The number of rotatable bonds is 8. The van der Waals surface area contributed by atoms with Crippen molar-refractivity contribution in [2.24, 2.45) is 11.8 Å². The van der Waals surface area contributed by atoms with E-state index in [1.165, 1.54) is 38.8 Å². The highest BCUT2D eigenvalue weighted by Gasteiger charge is 2.35. The van der Waals surface area contributed by atoms with Crippen LogP contribution in [-0.4, -0.2) is 49.8 Å². The normalized spacial score (nSPS) is 31.1. The van der Waals surface area contributed by atoms with Crippen LogP contribution in [0.25, 0.3) is 0 Å². The lowest BCUT2D eigenvalue weighted by Crippen LogP contribution is -2.52. The molecule has 19 heavy (non-hydrogen) atoms. The van der Waals surface area contributed by atoms with E-state index in [0.717, 1.165) is 37.6 Å². The highest BCUT2D eigenvalue weighted by atomic mass is 16.5. The largest absolute Gasteiger partial charge is 0.377 e. The number of likely N-dealkylation sites (N-methyl/N-ethyl adjacent to an activating group) is 1. The minimum Gasteiger partial charge on any atom is -0.377 e. The second kappa shape index (κ2) is 7.61. The van der Waals surface area contributed by atoms with Gasteiger partial charge in [-0.05, 0) is 57.2 Å². The van der Waals surface area contributed by atoms with Crippen LogP contribution < -0.4 is 5.32 Å². The van der Waals surface area contributed by atoms with Gasteiger partial charge >= 0.3 is 0 Å². The van der Waals surface area contributed by atoms with Gasteiger partial charge in [0.15, 0.2) is 0 Å². The zero-order chi connectivity index (χ0) is 13.7. The Labute approximate surface area is 119 Å². The standard InChI is InChI=1S/C16H32N2O/c1-4-18(12-15-6-5-9-19-15)16-8-7-14(16)11-17-10-13(2)3/h13-17H,4-12H2,1-3H3. The van der Waals surface area contributed by atoms with Crippen LogP contribution in [0.15, 0.2) is 0 Å². The van der Waals surface area contributed by atoms with Crippen molar-refractivity contribution in [3.05, 3.63) is 0 Å². The summed E-state index contributed by atoms with van der Waals surface area (Å²) in [5.74, 6) is 1.62. The minimum atomic E-state index is 0.504. The molecule has 3 heteroatoms. The third-order valence-corrected chi connectivity index (χ3v) is 4.67. The maximum absolute atomic E-state index is 5.79. The summed E-state index contributed by atoms with van der Waals surface area (Å²) in [7, 11) is 0. The van der Waals surface area contributed by atoms with Gasteiger partial charge < -0.3 is 10.1 Å². The van der Waals surface area contributed by atoms with Gasteiger partial charge in [0.1, 0.15) is 0 Å². The predicted molar refractivity (Wildman–Crippen MR) is 80.4 cm³/mol. The molecule has 1 saturated heterocycles. The molecule has 0 aromatic carbocycles. The van der Waals surface area contributed by atoms with Crippen molar-refractivity contribution in [2.75, 3.05) is 32.8 Å². The lowest BCUT2D eigenvalue weighted by molar-refractivity contribution is 0.0137. The predicted octanol–water partition coefficient (Wildman–Crippen LogP) is 2.51. The Balaban J connectivity index is 1.71. The van der Waals surface area contributed by atoms with Crippen molar-refractivity contribution in [1.82, 2.24) is 10.2 Å². The first kappa shape index (κ1) is 15.3. The van der Waals surface area contributed by atoms with E-state index in [1.54, 1.807) is 0 Å². The summed E-state index contributed by atoms with van der Waals surface area (Å²) in [6.45, 7) is 12.5. The van der Waals surface area contributed by atoms with Crippen molar-refractivity contribution in [3.8, 4) is 0 Å². The zero-order valence-corrected chi connectivity index (χ0v) is 13.0. The SMILES string of the molecule is CCN(CC1CCCO1)C1CCC1CNCC(C)C. The van der Waals surface area contributed by atoms with Gasteiger partial charge in [-0.3, -0.25) is 4.90 Å². The highest BCUT2D eigenvalue weighted by Crippen LogP contribution is 2.32. The van der Waals surface area contributed by atoms with Crippen LogP contribution in [-0.2, 0) is 4.74 Å². The second-order valence-electron chi connectivity index (χ2n) is 6.68. The van der Waals surface area contributed by atoms with E-state index in [1.807, 2.05) is 0 Å². The van der Waals surface area contributed by atoms with E-state index in [4.69, 9.17) is 4.74 Å². The van der Waals surface area contributed by atoms with Gasteiger partial charge in [-0.25, -0.2) is 0 Å². The lowest BCUT2D eigenvalue weighted by atomic mass is 9.78. The average molecular weight is 268 g/mol. The van der Waals surface area contributed by atoms with Crippen LogP contribution in [0.1, 0.15) is 46.5 Å². The molecular formula is C16H32N2O. The zero-order valence-electron chi connectivity index (χ0n) is 13.0. The van der Waals surface area contributed by atoms with E-state index in [2.05, 4.69) is 31.0 Å². The van der Waals surface area contributed by atoms with Crippen LogP contribution >= 0.6 is 0 Å². The summed E-state index contributed by atoms with van der Waals surface area (Å²) in [5, 5.41) is 3.63. The summed E-state index contributed by atoms with van der Waals surface area (Å²) < 4.78 is 5.79. The van der Waals surface area contributed by atoms with E-state index >= 15 is 0 Å². The van der Waals surface area contributed by atoms with E-state index in [-0.39, 0.29) is 0 Å². The van der Waals surface area contributed by atoms with Crippen LogP contribution in [0.2, 0.25) is 0 Å². The van der Waals surface area contributed by atoms with Gasteiger partial charge in [-0.1, -0.05) is 20.8 Å². The van der Waals surface area contributed by atoms with Crippen LogP contribution in [0.4, 0.5) is 0 Å². The Hall–Kier alpha value is -0.120. The fourth-order valence-electron chi connectivity index (χ4n) is 3.38. The number of nitrogens with one attached hydrogen (secondary N) is 1. The molecule has 0 aromatic heterocycles. The summed E-state index contributed by atoms with van der Waals surface area (Å²) in [5.41, 5.74) is 0. The Morgan fingerprint density at radius 2 is 2.11 bits per heavy atom. The Morgan fingerprint density at radius 3 is 2.63 bits per heavy atom. The number of hydrogen-bond acceptors (Lipinski definition) is 3. The number of hydrogen-bond donors (Lipinski definition) is 1. The Bertz CT molecular complexity index is 251. The van der Waals surface area contributed by atoms with Crippen LogP contribution in [0, 0.1) is 11.8 Å². The molecule has 0 amide bonds. The molecule has 2 fully saturated rings. The molecule has 1 saturated carbocycles. The molecule has 3 unspecified atom stereocenters. The van der Waals surface area contributed by atoms with Crippen LogP contribution in [0.5, 0.6) is 0 Å². The molecule has 1 aliphatic carbocycles. The van der Waals surface area contributed by atoms with Crippen LogP contribution in [0.3, 0.4) is 0 Å². The number of nitrogens with zero attached hydrogens (tertiary/aromatic N) is 1. The third-order valence-electron chi connectivity index (χ3n) is 4.67. The van der Waals surface area contributed by atoms with Gasteiger partial charge in [-0.15, -0.1) is 0 Å². The molecule has 1 aliphatic heterocycles. The second-order valence-corrected chi connectivity index (χ2v) is 6.68. The van der Waals surface area contributed by atoms with E-state index in [9.17, 15) is 0 Å². The third kappa shape index (κ3) is 4.44. The molecule has 1 N–H and O–H groups in total. The maximum atomic E-state index is 5.79. The fraction of sp³-hybridized carbons (Fsp3) is 1.00. The summed E-state index contributed by atoms with van der Waals surface area (Å²) in [6.07, 6.45) is 5.81. The Kier molecular flexibility index (Phi) is 6.11. The summed E-state index contributed by atoms with van der Waals surface area (Å²) >= 11 is 0. The van der Waals surface area contributed by atoms with Gasteiger partial charge in [0.05, 0.1) is 6.10 Å². The smallest absolute Gasteiger partial charge is 0.0702 e. The maximum Gasteiger partial charge on any atom is 0.0702 e. The molecule has 2 rings (SSSR count). The van der Waals surface area contributed by atoms with Crippen molar-refractivity contribution in [3.63, 3.8) is 0 Å². The lowest BCUT2D eigenvalue weighted by Gasteiger charge is -2.45. The van der Waals surface area contributed by atoms with Gasteiger partial charge in [0.25, 0.3) is 0 Å². The first-order chi connectivity index (χ1) is 9.20. The van der Waals surface area contributed by atoms with Gasteiger partial charge in [-0.2, -0.15) is 0 Å². The number of ether oxygens (including phenoxy) is 1. The fourth-order valence-corrected chi connectivity index (χ4v) is 3.38. The molecule has 0 aromatic rings. The topological polar surface area (TPSA) is 24.5 Å². The first-order valence-electron chi connectivity index (χ1n) is 8.27. The minimum absolute atomic E-state index is 0.504. The molecule has 2 aliphatic rings. The summed E-state index contributed by atoms with van der Waals surface area (Å²) in [6, 6.07) is 0.800. The monoisotopic (exact) mass is 268 g/mol. The van der Waals surface area contributed by atoms with E-state index in [0.29, 0.717) is 6.10 Å². The molecule has 3 nitrogen and oxygen atoms in total. The molecule has 1 heterocycles. The molecule has 0 radical (unpaired) electrons. The van der Waals surface area contributed by atoms with Crippen molar-refractivity contribution in [2.45, 2.75) is 58.6 Å². The van der Waals surface area contributed by atoms with Crippen molar-refractivity contribution in [1.29, 1.82) is 0 Å². The molecule has 3 atom stereocenters. The van der Waals surface area contributed by atoms with Crippen molar-refractivity contribution < 1.29 is 4.74 Å². The van der Waals surface area contributed by atoms with Gasteiger partial charge in [0.2, 0.25) is 0 Å². The summed E-state index contributed by atoms with van der Waals surface area (Å²) in [4.78, 5) is 2.67. The molecule has 0 spiro atoms. The molecular weight excluding hydrogens is 236 g/mol. The van der Waals surface area contributed by atoms with E-state index < -0.39 is 0 Å². The van der Waals surface area contributed by atoms with Gasteiger partial charge in [0, 0.05) is 19.2 Å². The quantitative estimate of drug-likeness (QED) is 0.732. The highest BCUT2D eigenvalue weighted by molar-refractivity contribution is 4.91. The molecule has 112 valence electrons.